The van der Waals surface area contributed by atoms with E-state index in [-0.39, 0.29) is 23.8 Å². The predicted octanol–water partition coefficient (Wildman–Crippen LogP) is 2.33. The number of carboxylic acid groups (broad SMARTS) is 1. The summed E-state index contributed by atoms with van der Waals surface area (Å²) in [6, 6.07) is 9.65. The molecule has 0 spiro atoms. The third-order valence-electron chi connectivity index (χ3n) is 4.32. The molecule has 1 unspecified atom stereocenters. The summed E-state index contributed by atoms with van der Waals surface area (Å²) in [7, 11) is 0. The Balaban J connectivity index is 2.06. The number of carbonyl (C=O) groups is 2. The predicted molar refractivity (Wildman–Crippen MR) is 76.3 cm³/mol. The first-order valence-corrected chi connectivity index (χ1v) is 6.97. The molecule has 1 aromatic rings. The van der Waals surface area contributed by atoms with Gasteiger partial charge >= 0.3 is 5.97 Å². The molecule has 0 saturated carbocycles. The van der Waals surface area contributed by atoms with E-state index in [9.17, 15) is 9.59 Å². The summed E-state index contributed by atoms with van der Waals surface area (Å²) in [6.45, 7) is 4.59. The van der Waals surface area contributed by atoms with Crippen molar-refractivity contribution in [2.75, 3.05) is 6.54 Å². The Hall–Kier alpha value is -1.84. The van der Waals surface area contributed by atoms with Gasteiger partial charge in [0.15, 0.2) is 0 Å². The second-order valence-corrected chi connectivity index (χ2v) is 5.94. The lowest BCUT2D eigenvalue weighted by molar-refractivity contribution is -0.141. The van der Waals surface area contributed by atoms with Crippen LogP contribution in [0, 0.1) is 5.92 Å². The van der Waals surface area contributed by atoms with Gasteiger partial charge in [-0.25, -0.2) is 0 Å². The maximum Gasteiger partial charge on any atom is 0.303 e. The van der Waals surface area contributed by atoms with Crippen LogP contribution in [-0.4, -0.2) is 34.0 Å². The van der Waals surface area contributed by atoms with Crippen LogP contribution in [0.4, 0.5) is 0 Å². The lowest BCUT2D eigenvalue weighted by atomic mass is 9.85. The summed E-state index contributed by atoms with van der Waals surface area (Å²) in [5.74, 6) is -0.686. The normalized spacial score (nSPS) is 20.9. The summed E-state index contributed by atoms with van der Waals surface area (Å²) in [6.07, 6.45) is 1.27. The average molecular weight is 275 g/mol. The molecule has 2 rings (SSSR count). The highest BCUT2D eigenvalue weighted by molar-refractivity contribution is 5.80. The number of hydrogen-bond acceptors (Lipinski definition) is 2. The van der Waals surface area contributed by atoms with E-state index in [1.807, 2.05) is 49.1 Å². The lowest BCUT2D eigenvalue weighted by Gasteiger charge is -2.35. The average Bonchev–Trinajstić information content (AvgIpc) is 2.65. The zero-order valence-corrected chi connectivity index (χ0v) is 12.0. The third kappa shape index (κ3) is 3.00. The molecule has 20 heavy (non-hydrogen) atoms. The molecular weight excluding hydrogens is 254 g/mol. The largest absolute Gasteiger partial charge is 0.481 e. The van der Waals surface area contributed by atoms with E-state index in [0.717, 1.165) is 12.0 Å². The van der Waals surface area contributed by atoms with Crippen molar-refractivity contribution >= 4 is 11.9 Å². The standard InChI is InChI=1S/C16H21NO3/c1-16(2)13(11-15(19)20)8-9-17(16)14(18)10-12-6-4-3-5-7-12/h3-7,13H,8-11H2,1-2H3,(H,19,20). The molecule has 0 bridgehead atoms. The van der Waals surface area contributed by atoms with Crippen LogP contribution >= 0.6 is 0 Å². The minimum absolute atomic E-state index is 0.0275. The van der Waals surface area contributed by atoms with E-state index in [0.29, 0.717) is 13.0 Å². The number of aliphatic carboxylic acids is 1. The van der Waals surface area contributed by atoms with Gasteiger partial charge in [0.25, 0.3) is 0 Å². The van der Waals surface area contributed by atoms with Crippen molar-refractivity contribution in [2.24, 2.45) is 5.92 Å². The molecule has 108 valence electrons. The van der Waals surface area contributed by atoms with E-state index >= 15 is 0 Å². The summed E-state index contributed by atoms with van der Waals surface area (Å²) in [5.41, 5.74) is 0.611. The van der Waals surface area contributed by atoms with Gasteiger partial charge in [0.1, 0.15) is 0 Å². The minimum atomic E-state index is -0.791. The van der Waals surface area contributed by atoms with Crippen LogP contribution in [0.25, 0.3) is 0 Å². The van der Waals surface area contributed by atoms with Gasteiger partial charge in [-0.05, 0) is 31.7 Å². The Morgan fingerprint density at radius 2 is 1.95 bits per heavy atom. The van der Waals surface area contributed by atoms with E-state index in [2.05, 4.69) is 0 Å². The fraction of sp³-hybridized carbons (Fsp3) is 0.500. The molecule has 1 fully saturated rings. The maximum atomic E-state index is 12.4. The molecule has 4 nitrogen and oxygen atoms in total. The molecule has 1 heterocycles. The van der Waals surface area contributed by atoms with Gasteiger partial charge in [0, 0.05) is 12.1 Å². The van der Waals surface area contributed by atoms with E-state index in [4.69, 9.17) is 5.11 Å². The van der Waals surface area contributed by atoms with Gasteiger partial charge in [0.2, 0.25) is 5.91 Å². The first kappa shape index (κ1) is 14.6. The highest BCUT2D eigenvalue weighted by Gasteiger charge is 2.44. The van der Waals surface area contributed by atoms with Crippen molar-refractivity contribution in [3.05, 3.63) is 35.9 Å². The third-order valence-corrected chi connectivity index (χ3v) is 4.32. The van der Waals surface area contributed by atoms with Crippen molar-refractivity contribution in [3.63, 3.8) is 0 Å². The quantitative estimate of drug-likeness (QED) is 0.917. The molecule has 1 aromatic carbocycles. The first-order valence-electron chi connectivity index (χ1n) is 6.97. The highest BCUT2D eigenvalue weighted by Crippen LogP contribution is 2.37. The Labute approximate surface area is 119 Å². The van der Waals surface area contributed by atoms with Crippen molar-refractivity contribution in [2.45, 2.75) is 38.6 Å². The molecule has 1 aliphatic heterocycles. The molecule has 1 aliphatic rings. The van der Waals surface area contributed by atoms with Crippen LogP contribution < -0.4 is 0 Å². The summed E-state index contributed by atoms with van der Waals surface area (Å²) in [4.78, 5) is 25.2. The van der Waals surface area contributed by atoms with Crippen LogP contribution in [0.5, 0.6) is 0 Å². The SMILES string of the molecule is CC1(C)C(CC(=O)O)CCN1C(=O)Cc1ccccc1. The zero-order valence-electron chi connectivity index (χ0n) is 12.0. The van der Waals surface area contributed by atoms with Crippen molar-refractivity contribution in [1.29, 1.82) is 0 Å². The molecule has 1 N–H and O–H groups in total. The van der Waals surface area contributed by atoms with E-state index in [1.165, 1.54) is 0 Å². The molecule has 4 heteroatoms. The van der Waals surface area contributed by atoms with Crippen LogP contribution in [0.15, 0.2) is 30.3 Å². The van der Waals surface area contributed by atoms with Crippen molar-refractivity contribution in [1.82, 2.24) is 4.90 Å². The molecule has 1 atom stereocenters. The molecule has 0 radical (unpaired) electrons. The molecule has 1 saturated heterocycles. The van der Waals surface area contributed by atoms with Crippen LogP contribution in [0.1, 0.15) is 32.3 Å². The van der Waals surface area contributed by atoms with Gasteiger partial charge in [0.05, 0.1) is 12.8 Å². The number of rotatable bonds is 4. The topological polar surface area (TPSA) is 57.6 Å². The second-order valence-electron chi connectivity index (χ2n) is 5.94. The Morgan fingerprint density at radius 3 is 2.55 bits per heavy atom. The number of carboxylic acids is 1. The minimum Gasteiger partial charge on any atom is -0.481 e. The lowest BCUT2D eigenvalue weighted by Crippen LogP contribution is -2.47. The maximum absolute atomic E-state index is 12.4. The first-order chi connectivity index (χ1) is 9.41. The molecule has 0 aromatic heterocycles. The monoisotopic (exact) mass is 275 g/mol. The van der Waals surface area contributed by atoms with E-state index < -0.39 is 5.97 Å². The zero-order chi connectivity index (χ0) is 14.8. The Morgan fingerprint density at radius 1 is 1.30 bits per heavy atom. The fourth-order valence-electron chi connectivity index (χ4n) is 3.02. The van der Waals surface area contributed by atoms with Crippen LogP contribution in [0.3, 0.4) is 0 Å². The van der Waals surface area contributed by atoms with Crippen molar-refractivity contribution in [3.8, 4) is 0 Å². The summed E-state index contributed by atoms with van der Waals surface area (Å²) in [5, 5.41) is 8.96. The van der Waals surface area contributed by atoms with Gasteiger partial charge in [-0.3, -0.25) is 9.59 Å². The molecular formula is C16H21NO3. The smallest absolute Gasteiger partial charge is 0.303 e. The molecule has 1 amide bonds. The van der Waals surface area contributed by atoms with Crippen LogP contribution in [0.2, 0.25) is 0 Å². The Kier molecular flexibility index (Phi) is 4.12. The van der Waals surface area contributed by atoms with Crippen molar-refractivity contribution < 1.29 is 14.7 Å². The van der Waals surface area contributed by atoms with Gasteiger partial charge in [-0.1, -0.05) is 30.3 Å². The summed E-state index contributed by atoms with van der Waals surface area (Å²) < 4.78 is 0. The number of carbonyl (C=O) groups excluding carboxylic acids is 1. The summed E-state index contributed by atoms with van der Waals surface area (Å²) >= 11 is 0. The van der Waals surface area contributed by atoms with E-state index in [1.54, 1.807) is 0 Å². The molecule has 0 aliphatic carbocycles. The number of hydrogen-bond donors (Lipinski definition) is 1. The van der Waals surface area contributed by atoms with Crippen LogP contribution in [-0.2, 0) is 16.0 Å². The highest BCUT2D eigenvalue weighted by atomic mass is 16.4. The number of nitrogens with zero attached hydrogens (tertiary/aromatic N) is 1. The Bertz CT molecular complexity index is 496. The van der Waals surface area contributed by atoms with Gasteiger partial charge in [-0.2, -0.15) is 0 Å². The number of amides is 1. The number of benzene rings is 1. The second kappa shape index (κ2) is 5.65. The fourth-order valence-corrected chi connectivity index (χ4v) is 3.02. The number of likely N-dealkylation sites (tertiary alicyclic amines) is 1. The van der Waals surface area contributed by atoms with Gasteiger partial charge < -0.3 is 10.0 Å². The van der Waals surface area contributed by atoms with Gasteiger partial charge in [-0.15, -0.1) is 0 Å².